The highest BCUT2D eigenvalue weighted by molar-refractivity contribution is 5.96. The minimum atomic E-state index is -0.899. The average Bonchev–Trinajstić information content (AvgIpc) is 2.34. The average molecular weight is 259 g/mol. The van der Waals surface area contributed by atoms with E-state index in [9.17, 15) is 9.59 Å². The Morgan fingerprint density at radius 2 is 1.84 bits per heavy atom. The van der Waals surface area contributed by atoms with Crippen molar-refractivity contribution in [3.63, 3.8) is 0 Å². The maximum Gasteiger partial charge on any atom is 0.333 e. The first-order valence-electron chi connectivity index (χ1n) is 5.88. The number of ether oxygens (including phenoxy) is 1. The van der Waals surface area contributed by atoms with Gasteiger partial charge in [-0.2, -0.15) is 0 Å². The summed E-state index contributed by atoms with van der Waals surface area (Å²) >= 11 is 0. The monoisotopic (exact) mass is 259 g/mol. The minimum absolute atomic E-state index is 0.540. The van der Waals surface area contributed by atoms with Gasteiger partial charge in [0.05, 0.1) is 0 Å². The van der Waals surface area contributed by atoms with Crippen molar-refractivity contribution in [2.45, 2.75) is 32.4 Å². The van der Waals surface area contributed by atoms with Crippen molar-refractivity contribution < 1.29 is 14.3 Å². The summed E-state index contributed by atoms with van der Waals surface area (Å²) in [5.41, 5.74) is -0.00862. The van der Waals surface area contributed by atoms with Gasteiger partial charge in [-0.25, -0.2) is 4.79 Å². The second kappa shape index (κ2) is 6.05. The van der Waals surface area contributed by atoms with Gasteiger partial charge in [0, 0.05) is 0 Å². The second-order valence-electron chi connectivity index (χ2n) is 4.99. The van der Waals surface area contributed by atoms with Crippen LogP contribution in [0.2, 0.25) is 0 Å². The molecular weight excluding hydrogens is 242 g/mol. The van der Waals surface area contributed by atoms with Crippen LogP contribution in [-0.4, -0.2) is 17.5 Å². The predicted octanol–water partition coefficient (Wildman–Crippen LogP) is 1.82. The van der Waals surface area contributed by atoms with Gasteiger partial charge in [0.1, 0.15) is 5.60 Å². The van der Waals surface area contributed by atoms with Crippen molar-refractivity contribution in [3.8, 4) is 12.3 Å². The van der Waals surface area contributed by atoms with E-state index in [-0.39, 0.29) is 0 Å². The summed E-state index contributed by atoms with van der Waals surface area (Å²) in [7, 11) is 0. The van der Waals surface area contributed by atoms with Crippen molar-refractivity contribution in [3.05, 3.63) is 35.9 Å². The van der Waals surface area contributed by atoms with Gasteiger partial charge in [0.2, 0.25) is 0 Å². The Kier molecular flexibility index (Phi) is 4.71. The van der Waals surface area contributed by atoms with Gasteiger partial charge in [-0.05, 0) is 32.3 Å². The molecule has 0 fully saturated rings. The Morgan fingerprint density at radius 1 is 1.26 bits per heavy atom. The number of benzene rings is 1. The van der Waals surface area contributed by atoms with E-state index in [0.29, 0.717) is 5.56 Å². The maximum atomic E-state index is 12.1. The van der Waals surface area contributed by atoms with Crippen LogP contribution in [0.5, 0.6) is 0 Å². The summed E-state index contributed by atoms with van der Waals surface area (Å²) in [5.74, 6) is 0.733. The molecule has 4 nitrogen and oxygen atoms in total. The normalized spacial score (nSPS) is 12.1. The molecule has 4 heteroatoms. The van der Waals surface area contributed by atoms with Crippen molar-refractivity contribution in [2.24, 2.45) is 0 Å². The van der Waals surface area contributed by atoms with E-state index in [2.05, 4.69) is 5.32 Å². The first kappa shape index (κ1) is 14.8. The third-order valence-corrected chi connectivity index (χ3v) is 2.18. The molecule has 0 aliphatic carbocycles. The van der Waals surface area contributed by atoms with Crippen molar-refractivity contribution in [1.82, 2.24) is 5.32 Å². The lowest BCUT2D eigenvalue weighted by Gasteiger charge is -2.24. The quantitative estimate of drug-likeness (QED) is 0.665. The number of carbonyl (C=O) groups excluding carboxylic acids is 2. The molecule has 19 heavy (non-hydrogen) atoms. The molecule has 1 N–H and O–H groups in total. The summed E-state index contributed by atoms with van der Waals surface area (Å²) in [6.45, 7) is 5.28. The molecule has 0 unspecified atom stereocenters. The van der Waals surface area contributed by atoms with Crippen LogP contribution in [-0.2, 0) is 14.3 Å². The summed E-state index contributed by atoms with van der Waals surface area (Å²) in [6.07, 6.45) is 5.01. The zero-order valence-electron chi connectivity index (χ0n) is 11.3. The maximum absolute atomic E-state index is 12.1. The van der Waals surface area contributed by atoms with Crippen LogP contribution in [0.15, 0.2) is 30.3 Å². The van der Waals surface area contributed by atoms with E-state index in [4.69, 9.17) is 11.2 Å². The molecule has 0 saturated carbocycles. The van der Waals surface area contributed by atoms with Crippen LogP contribution >= 0.6 is 0 Å². The number of hydrogen-bond acceptors (Lipinski definition) is 3. The van der Waals surface area contributed by atoms with Crippen LogP contribution in [0.25, 0.3) is 0 Å². The Balaban J connectivity index is 2.97. The van der Waals surface area contributed by atoms with Crippen LogP contribution < -0.4 is 5.32 Å². The first-order valence-corrected chi connectivity index (χ1v) is 5.88. The minimum Gasteiger partial charge on any atom is -0.458 e. The first-order chi connectivity index (χ1) is 8.83. The summed E-state index contributed by atoms with van der Waals surface area (Å²) in [4.78, 5) is 23.4. The smallest absolute Gasteiger partial charge is 0.333 e. The third-order valence-electron chi connectivity index (χ3n) is 2.18. The van der Waals surface area contributed by atoms with Crippen molar-refractivity contribution >= 4 is 11.9 Å². The molecule has 1 aromatic rings. The van der Waals surface area contributed by atoms with E-state index in [1.807, 2.05) is 12.0 Å². The number of terminal acetylenes is 1. The second-order valence-corrected chi connectivity index (χ2v) is 4.99. The number of esters is 1. The lowest BCUT2D eigenvalue weighted by molar-refractivity contribution is -0.158. The molecular formula is C15H17NO3. The van der Waals surface area contributed by atoms with Crippen molar-refractivity contribution in [1.29, 1.82) is 0 Å². The lowest BCUT2D eigenvalue weighted by Crippen LogP contribution is -2.37. The number of amides is 1. The highest BCUT2D eigenvalue weighted by atomic mass is 16.6. The van der Waals surface area contributed by atoms with Crippen molar-refractivity contribution in [2.75, 3.05) is 0 Å². The molecule has 100 valence electrons. The molecule has 0 aliphatic heterocycles. The fourth-order valence-electron chi connectivity index (χ4n) is 1.46. The van der Waals surface area contributed by atoms with Gasteiger partial charge in [-0.3, -0.25) is 4.79 Å². The SMILES string of the molecule is C#CC(=O)N[C@H](C(=O)OC(C)(C)C)c1ccccc1. The Labute approximate surface area is 113 Å². The van der Waals surface area contributed by atoms with Gasteiger partial charge in [-0.1, -0.05) is 30.3 Å². The Hall–Kier alpha value is -2.28. The van der Waals surface area contributed by atoms with E-state index < -0.39 is 23.5 Å². The molecule has 0 aliphatic rings. The molecule has 1 rings (SSSR count). The molecule has 1 atom stereocenters. The molecule has 0 saturated heterocycles. The molecule has 1 aromatic carbocycles. The zero-order valence-corrected chi connectivity index (χ0v) is 11.3. The van der Waals surface area contributed by atoms with Crippen LogP contribution in [0, 0.1) is 12.3 Å². The third kappa shape index (κ3) is 4.84. The molecule has 0 radical (unpaired) electrons. The summed E-state index contributed by atoms with van der Waals surface area (Å²) < 4.78 is 5.28. The van der Waals surface area contributed by atoms with Gasteiger partial charge in [0.15, 0.2) is 6.04 Å². The molecule has 0 spiro atoms. The van der Waals surface area contributed by atoms with E-state index in [1.54, 1.807) is 45.0 Å². The highest BCUT2D eigenvalue weighted by Crippen LogP contribution is 2.18. The van der Waals surface area contributed by atoms with E-state index >= 15 is 0 Å². The molecule has 1 amide bonds. The van der Waals surface area contributed by atoms with E-state index in [1.165, 1.54) is 0 Å². The van der Waals surface area contributed by atoms with Crippen LogP contribution in [0.3, 0.4) is 0 Å². The molecule has 0 heterocycles. The number of hydrogen-bond donors (Lipinski definition) is 1. The predicted molar refractivity (Wildman–Crippen MR) is 72.0 cm³/mol. The van der Waals surface area contributed by atoms with Crippen LogP contribution in [0.4, 0.5) is 0 Å². The standard InChI is InChI=1S/C15H17NO3/c1-5-12(17)16-13(11-9-7-6-8-10-11)14(18)19-15(2,3)4/h1,6-10,13H,2-4H3,(H,16,17)/t13-/m0/s1. The topological polar surface area (TPSA) is 55.4 Å². The largest absolute Gasteiger partial charge is 0.458 e. The zero-order chi connectivity index (χ0) is 14.5. The Morgan fingerprint density at radius 3 is 2.32 bits per heavy atom. The number of nitrogens with one attached hydrogen (secondary N) is 1. The van der Waals surface area contributed by atoms with E-state index in [0.717, 1.165) is 0 Å². The number of rotatable bonds is 3. The summed E-state index contributed by atoms with van der Waals surface area (Å²) in [6, 6.07) is 7.92. The summed E-state index contributed by atoms with van der Waals surface area (Å²) in [5, 5.41) is 2.46. The number of carbonyl (C=O) groups is 2. The van der Waals surface area contributed by atoms with Gasteiger partial charge in [-0.15, -0.1) is 6.42 Å². The van der Waals surface area contributed by atoms with Gasteiger partial charge >= 0.3 is 5.97 Å². The van der Waals surface area contributed by atoms with Gasteiger partial charge < -0.3 is 10.1 Å². The lowest BCUT2D eigenvalue weighted by atomic mass is 10.1. The fraction of sp³-hybridized carbons (Fsp3) is 0.333. The highest BCUT2D eigenvalue weighted by Gasteiger charge is 2.27. The Bertz CT molecular complexity index is 494. The van der Waals surface area contributed by atoms with Gasteiger partial charge in [0.25, 0.3) is 5.91 Å². The molecule has 0 aromatic heterocycles. The fourth-order valence-corrected chi connectivity index (χ4v) is 1.46. The van der Waals surface area contributed by atoms with Crippen LogP contribution in [0.1, 0.15) is 32.4 Å². The molecule has 0 bridgehead atoms.